The number of anilines is 1. The van der Waals surface area contributed by atoms with Crippen molar-refractivity contribution in [3.05, 3.63) is 101 Å². The molecule has 442 valence electrons. The van der Waals surface area contributed by atoms with Gasteiger partial charge < -0.3 is 44.1 Å². The number of piperazine rings is 1. The summed E-state index contributed by atoms with van der Waals surface area (Å²) in [6.45, 7) is 21.6. The Morgan fingerprint density at radius 1 is 0.929 bits per heavy atom. The molecule has 3 aromatic carbocycles. The van der Waals surface area contributed by atoms with Crippen LogP contribution in [0.3, 0.4) is 0 Å². The molecule has 3 amide bonds. The number of amides is 3. The van der Waals surface area contributed by atoms with Gasteiger partial charge in [0.2, 0.25) is 11.8 Å². The maximum absolute atomic E-state index is 14.4. The normalized spacial score (nSPS) is 21.9. The van der Waals surface area contributed by atoms with Crippen molar-refractivity contribution in [3.63, 3.8) is 0 Å². The molecule has 3 unspecified atom stereocenters. The maximum Gasteiger partial charge on any atom is 0.410 e. The van der Waals surface area contributed by atoms with Crippen LogP contribution in [0.4, 0.5) is 10.6 Å². The molecule has 3 N–H and O–H groups in total. The van der Waals surface area contributed by atoms with Gasteiger partial charge in [0, 0.05) is 61.9 Å². The second-order valence-corrected chi connectivity index (χ2v) is 26.1. The molecule has 4 fully saturated rings. The third-order valence-electron chi connectivity index (χ3n) is 17.7. The number of piperidine rings is 1. The second-order valence-electron chi connectivity index (χ2n) is 25.2. The largest absolute Gasteiger partial charge is 0.508 e. The summed E-state index contributed by atoms with van der Waals surface area (Å²) in [4.78, 5) is 70.9. The van der Waals surface area contributed by atoms with Crippen LogP contribution in [0.5, 0.6) is 17.6 Å². The van der Waals surface area contributed by atoms with Crippen LogP contribution in [0, 0.1) is 18.8 Å². The molecule has 4 aliphatic heterocycles. The van der Waals surface area contributed by atoms with E-state index in [0.29, 0.717) is 37.9 Å². The Kier molecular flexibility index (Phi) is 15.5. The summed E-state index contributed by atoms with van der Waals surface area (Å²) >= 11 is 1.59. The average Bonchev–Trinajstić information content (AvgIpc) is 1.63. The minimum atomic E-state index is -0.851. The first-order valence-electron chi connectivity index (χ1n) is 29.8. The number of nitrogens with zero attached hydrogens (tertiary/aromatic N) is 9. The van der Waals surface area contributed by atoms with Gasteiger partial charge in [-0.3, -0.25) is 24.4 Å². The number of carbonyl (C=O) groups is 3. The van der Waals surface area contributed by atoms with Crippen LogP contribution < -0.4 is 19.7 Å². The number of aromatic nitrogens is 5. The van der Waals surface area contributed by atoms with E-state index in [1.807, 2.05) is 101 Å². The molecule has 84 heavy (non-hydrogen) atoms. The number of aromatic hydroxyl groups is 1. The summed E-state index contributed by atoms with van der Waals surface area (Å²) in [6, 6.07) is 18.5. The lowest BCUT2D eigenvalue weighted by Crippen LogP contribution is -2.57. The summed E-state index contributed by atoms with van der Waals surface area (Å²) < 4.78 is 24.7. The molecule has 4 saturated heterocycles. The zero-order chi connectivity index (χ0) is 58.9. The number of carbonyl (C=O) groups excluding carboxylic acids is 3. The lowest BCUT2D eigenvalue weighted by Gasteiger charge is -2.42. The fourth-order valence-corrected chi connectivity index (χ4v) is 14.4. The molecular weight excluding hydrogens is 1080 g/mol. The van der Waals surface area contributed by atoms with Crippen molar-refractivity contribution < 1.29 is 43.3 Å². The Morgan fingerprint density at radius 2 is 1.68 bits per heavy atom. The molecule has 0 radical (unpaired) electrons. The molecule has 2 bridgehead atoms. The molecule has 1 aliphatic carbocycles. The highest BCUT2D eigenvalue weighted by Crippen LogP contribution is 2.49. The third-order valence-corrected chi connectivity index (χ3v) is 18.6. The van der Waals surface area contributed by atoms with Crippen LogP contribution in [0.25, 0.3) is 43.4 Å². The van der Waals surface area contributed by atoms with Gasteiger partial charge in [0.15, 0.2) is 5.76 Å². The quantitative estimate of drug-likeness (QED) is 0.0869. The van der Waals surface area contributed by atoms with Gasteiger partial charge in [0.05, 0.1) is 63.5 Å². The minimum Gasteiger partial charge on any atom is -0.508 e. The van der Waals surface area contributed by atoms with Crippen molar-refractivity contribution in [2.45, 2.75) is 148 Å². The molecule has 20 heteroatoms. The molecule has 4 aromatic heterocycles. The van der Waals surface area contributed by atoms with Crippen LogP contribution in [-0.4, -0.2) is 150 Å². The smallest absolute Gasteiger partial charge is 0.410 e. The molecule has 8 atom stereocenters. The lowest BCUT2D eigenvalue weighted by atomic mass is 9.79. The lowest BCUT2D eigenvalue weighted by molar-refractivity contribution is -0.141. The van der Waals surface area contributed by atoms with Crippen molar-refractivity contribution in [1.29, 1.82) is 0 Å². The number of hydrogen-bond acceptors (Lipinski definition) is 17. The van der Waals surface area contributed by atoms with Crippen LogP contribution in [0.2, 0.25) is 0 Å². The minimum absolute atomic E-state index is 0.0364. The Balaban J connectivity index is 0.689. The topological polar surface area (TPSA) is 222 Å². The number of phenols is 1. The van der Waals surface area contributed by atoms with Gasteiger partial charge in [-0.25, -0.2) is 9.78 Å². The van der Waals surface area contributed by atoms with E-state index in [-0.39, 0.29) is 84.6 Å². The van der Waals surface area contributed by atoms with E-state index >= 15 is 0 Å². The van der Waals surface area contributed by atoms with Gasteiger partial charge in [-0.1, -0.05) is 63.2 Å². The number of aliphatic hydroxyl groups excluding tert-OH is 1. The van der Waals surface area contributed by atoms with Gasteiger partial charge in [-0.05, 0) is 137 Å². The number of thiazole rings is 1. The predicted molar refractivity (Wildman–Crippen MR) is 320 cm³/mol. The van der Waals surface area contributed by atoms with Crippen LogP contribution >= 0.6 is 11.3 Å². The summed E-state index contributed by atoms with van der Waals surface area (Å²) in [6.07, 6.45) is 4.11. The van der Waals surface area contributed by atoms with E-state index in [4.69, 9.17) is 33.7 Å². The zero-order valence-electron chi connectivity index (χ0n) is 49.4. The first-order valence-corrected chi connectivity index (χ1v) is 30.6. The number of ether oxygens (including phenoxy) is 3. The number of β-amino-alcohol motifs (C(OH)–C–C–N with tert-alkyl or cyclic N) is 1. The molecule has 0 saturated carbocycles. The molecule has 7 aromatic rings. The summed E-state index contributed by atoms with van der Waals surface area (Å²) in [5.41, 5.74) is 8.68. The number of benzene rings is 3. The molecule has 19 nitrogen and oxygen atoms in total. The van der Waals surface area contributed by atoms with E-state index in [9.17, 15) is 24.6 Å². The number of fused-ring (bicyclic) bond motifs is 6. The zero-order valence-corrected chi connectivity index (χ0v) is 50.2. The Bertz CT molecular complexity index is 3600. The highest BCUT2D eigenvalue weighted by Gasteiger charge is 2.46. The van der Waals surface area contributed by atoms with Gasteiger partial charge in [-0.15, -0.1) is 11.3 Å². The summed E-state index contributed by atoms with van der Waals surface area (Å²) in [5.74, 6) is 0.149. The number of hydrogen-bond donors (Lipinski definition) is 3. The predicted octanol–water partition coefficient (Wildman–Crippen LogP) is 10.2. The molecular formula is C64H76N10O9S. The fraction of sp³-hybridized carbons (Fsp3) is 0.500. The number of rotatable bonds is 15. The van der Waals surface area contributed by atoms with Gasteiger partial charge in [0.25, 0.3) is 5.88 Å². The number of pyridine rings is 1. The first-order chi connectivity index (χ1) is 40.2. The van der Waals surface area contributed by atoms with Gasteiger partial charge in [0.1, 0.15) is 35.2 Å². The molecule has 0 spiro atoms. The van der Waals surface area contributed by atoms with Crippen LogP contribution in [-0.2, 0) is 14.3 Å². The highest BCUT2D eigenvalue weighted by molar-refractivity contribution is 7.13. The third kappa shape index (κ3) is 11.2. The summed E-state index contributed by atoms with van der Waals surface area (Å²) in [5, 5.41) is 31.9. The van der Waals surface area contributed by atoms with Crippen LogP contribution in [0.15, 0.2) is 76.9 Å². The van der Waals surface area contributed by atoms with E-state index in [1.165, 1.54) is 4.90 Å². The average molecular weight is 1160 g/mol. The van der Waals surface area contributed by atoms with Crippen LogP contribution in [0.1, 0.15) is 134 Å². The molecule has 12 rings (SSSR count). The number of aryl methyl sites for hydroxylation is 1. The second kappa shape index (κ2) is 22.9. The van der Waals surface area contributed by atoms with Crippen molar-refractivity contribution in [2.24, 2.45) is 11.8 Å². The Morgan fingerprint density at radius 3 is 2.38 bits per heavy atom. The van der Waals surface area contributed by atoms with Crippen molar-refractivity contribution in [3.8, 4) is 39.3 Å². The maximum atomic E-state index is 14.4. The van der Waals surface area contributed by atoms with Crippen molar-refractivity contribution in [1.82, 2.24) is 45.1 Å². The van der Waals surface area contributed by atoms with Gasteiger partial charge in [-0.2, -0.15) is 9.97 Å². The van der Waals surface area contributed by atoms with E-state index in [1.54, 1.807) is 29.5 Å². The Labute approximate surface area is 493 Å². The van der Waals surface area contributed by atoms with E-state index in [0.717, 1.165) is 110 Å². The highest BCUT2D eigenvalue weighted by atomic mass is 32.1. The Hall–Kier alpha value is -7.42. The van der Waals surface area contributed by atoms with Crippen molar-refractivity contribution >= 4 is 56.7 Å². The first kappa shape index (κ1) is 57.0. The van der Waals surface area contributed by atoms with Crippen molar-refractivity contribution in [2.75, 3.05) is 50.8 Å². The molecule has 8 heterocycles. The number of aliphatic hydroxyl groups is 1. The van der Waals surface area contributed by atoms with E-state index < -0.39 is 23.7 Å². The fourth-order valence-electron chi connectivity index (χ4n) is 13.5. The molecule has 5 aliphatic rings. The SMILES string of the molecule is Cc1ncsc1-c1ccc([C@H](C)NC(=O)[C@@H]2C[C@@H](O)CN2C(=O)[C@@H](c2cc(OCC3CCN(C[C@@H](C)Oc4nc(N5CC6CCC(C5)N6C(=O)OC(C)(C)C)c5cnc6c(c5n4)C(C)c4cccc5cc(O)cc-6c45)CC3)no2)C(C)C)cc1. The van der Waals surface area contributed by atoms with Gasteiger partial charge >= 0.3 is 12.1 Å². The standard InChI is InChI=1S/C64H76N10O9S/c1-34(2)53(61(78)73-31-46(76)25-50(73)60(77)67-37(5)40-13-15-41(16-14-40)58-38(6)66-33-84-58)51-26-52(70-83-51)80-32-39-19-21-71(22-20-39)28-35(3)81-62-68-57-49(59(69-62)72-29-43-17-18-44(30-72)74(43)63(79)82-64(7,8)9)27-65-56-48-24-45(75)23-42-11-10-12-47(55(42)48)36(4)54(56)57/h10-16,23-24,26-27,33-37,39,43-44,46,50,53,75-76H,17-22,25,28-32H2,1-9H3,(H,67,77)/t35-,36?,37+,43?,44?,46-,50+,53-/m1/s1. The number of phenolic OH excluding ortho intramolecular Hbond substituents is 1. The number of nitrogens with one attached hydrogen (secondary N) is 1. The monoisotopic (exact) mass is 1160 g/mol. The summed E-state index contributed by atoms with van der Waals surface area (Å²) in [7, 11) is 0. The van der Waals surface area contributed by atoms with E-state index in [2.05, 4.69) is 45.2 Å². The number of likely N-dealkylation sites (tertiary alicyclic amines) is 2.